The van der Waals surface area contributed by atoms with E-state index in [-0.39, 0.29) is 6.04 Å². The fraction of sp³-hybridized carbons (Fsp3) is 0.150. The van der Waals surface area contributed by atoms with Gasteiger partial charge in [0.15, 0.2) is 0 Å². The molecule has 2 heterocycles. The summed E-state index contributed by atoms with van der Waals surface area (Å²) in [5, 5.41) is 6.13. The Morgan fingerprint density at radius 2 is 1.70 bits per heavy atom. The first-order valence-electron chi connectivity index (χ1n) is 15.4. The molecule has 6 aromatic rings. The van der Waals surface area contributed by atoms with E-state index in [2.05, 4.69) is 140 Å². The van der Waals surface area contributed by atoms with E-state index in [0.29, 0.717) is 17.4 Å². The van der Waals surface area contributed by atoms with Gasteiger partial charge in [0, 0.05) is 6.20 Å². The minimum absolute atomic E-state index is 0.218. The number of allylic oxidation sites excluding steroid dienone is 2. The second-order valence-corrected chi connectivity index (χ2v) is 12.4. The van der Waals surface area contributed by atoms with Crippen molar-refractivity contribution in [1.29, 1.82) is 0 Å². The molecule has 0 fully saturated rings. The molecular formula is C40H34N4OPt-2. The molecule has 0 bridgehead atoms. The van der Waals surface area contributed by atoms with Crippen LogP contribution in [-0.2, 0) is 19.4 Å². The summed E-state index contributed by atoms with van der Waals surface area (Å²) in [6.07, 6.45) is 6.41. The van der Waals surface area contributed by atoms with Crippen LogP contribution in [0.2, 0.25) is 0 Å². The first-order valence-corrected chi connectivity index (χ1v) is 16.7. The summed E-state index contributed by atoms with van der Waals surface area (Å²) in [4.78, 5) is 6.80. The Morgan fingerprint density at radius 3 is 2.50 bits per heavy atom. The normalized spacial score (nSPS) is 16.2. The number of hydrogen-bond donors (Lipinski definition) is 1. The molecule has 6 heteroatoms. The standard InChI is InChI=1S/C40H34N4O.Pt/c1-26-22-28(3)40(29(4)23-26)42-34-15-6-7-16-35(34)43(5)30-13-11-14-31(24-30)45-32-19-20-33-37(25-32)44(38-18-8-9-21-41-38)36-17-10-12-27(2)39(33)36;/h5-23,28,40,42H,1-4H3;/q-2;. The van der Waals surface area contributed by atoms with Crippen LogP contribution in [0.1, 0.15) is 26.3 Å². The zero-order chi connectivity index (χ0) is 31.8. The molecule has 46 heavy (non-hydrogen) atoms. The fourth-order valence-electron chi connectivity index (χ4n) is 6.55. The van der Waals surface area contributed by atoms with Crippen molar-refractivity contribution < 1.29 is 24.1 Å². The summed E-state index contributed by atoms with van der Waals surface area (Å²) >= 11 is 2.28. The molecule has 0 radical (unpaired) electrons. The van der Waals surface area contributed by atoms with Crippen LogP contribution >= 0.6 is 0 Å². The Kier molecular flexibility index (Phi) is 8.19. The van der Waals surface area contributed by atoms with Crippen molar-refractivity contribution in [2.24, 2.45) is 5.92 Å². The number of para-hydroxylation sites is 2. The number of hydrogen-bond acceptors (Lipinski definition) is 4. The summed E-state index contributed by atoms with van der Waals surface area (Å²) in [5.74, 6) is 2.45. The molecular weight excluding hydrogens is 748 g/mol. The van der Waals surface area contributed by atoms with Gasteiger partial charge in [0.05, 0.1) is 0 Å². The van der Waals surface area contributed by atoms with Crippen LogP contribution in [-0.4, -0.2) is 20.1 Å². The summed E-state index contributed by atoms with van der Waals surface area (Å²) < 4.78 is 10.6. The van der Waals surface area contributed by atoms with Crippen molar-refractivity contribution in [3.63, 3.8) is 0 Å². The van der Waals surface area contributed by atoms with E-state index in [1.165, 1.54) is 22.1 Å². The van der Waals surface area contributed by atoms with Gasteiger partial charge < -0.3 is 0 Å². The Labute approximate surface area is 281 Å². The van der Waals surface area contributed by atoms with E-state index < -0.39 is 0 Å². The van der Waals surface area contributed by atoms with Gasteiger partial charge in [-0.05, 0) is 13.0 Å². The third kappa shape index (κ3) is 5.61. The maximum atomic E-state index is 6.45. The number of aromatic nitrogens is 2. The number of anilines is 3. The van der Waals surface area contributed by atoms with Gasteiger partial charge >= 0.3 is 245 Å². The molecule has 4 aromatic carbocycles. The van der Waals surface area contributed by atoms with E-state index in [4.69, 9.17) is 4.74 Å². The monoisotopic (exact) mass is 781 g/mol. The Bertz CT molecular complexity index is 2150. The van der Waals surface area contributed by atoms with E-state index in [0.717, 1.165) is 39.3 Å². The van der Waals surface area contributed by atoms with Crippen LogP contribution < -0.4 is 15.0 Å². The second-order valence-electron chi connectivity index (χ2n) is 11.8. The number of aryl methyl sites for hydroxylation is 1. The number of pyridine rings is 1. The van der Waals surface area contributed by atoms with Crippen LogP contribution in [0.4, 0.5) is 17.1 Å². The van der Waals surface area contributed by atoms with Gasteiger partial charge in [-0.15, -0.1) is 0 Å². The van der Waals surface area contributed by atoms with Crippen molar-refractivity contribution in [2.75, 3.05) is 10.2 Å². The zero-order valence-electron chi connectivity index (χ0n) is 26.2. The van der Waals surface area contributed by atoms with E-state index in [1.807, 2.05) is 53.2 Å². The molecule has 1 aliphatic rings. The van der Waals surface area contributed by atoms with Gasteiger partial charge in [-0.2, -0.15) is 0 Å². The average molecular weight is 782 g/mol. The Hall–Kier alpha value is -4.73. The number of nitrogens with one attached hydrogen (secondary N) is 1. The first-order chi connectivity index (χ1) is 22.4. The average Bonchev–Trinajstić information content (AvgIpc) is 3.39. The fourth-order valence-corrected chi connectivity index (χ4v) is 7.18. The molecule has 0 saturated carbocycles. The summed E-state index contributed by atoms with van der Waals surface area (Å²) in [6, 6.07) is 38.1. The molecule has 0 amide bonds. The van der Waals surface area contributed by atoms with Crippen molar-refractivity contribution in [2.45, 2.75) is 33.7 Å². The number of benzene rings is 4. The van der Waals surface area contributed by atoms with Gasteiger partial charge in [-0.3, -0.25) is 0 Å². The second kappa shape index (κ2) is 12.6. The molecule has 0 saturated heterocycles. The number of ether oxygens (including phenoxy) is 1. The Morgan fingerprint density at radius 1 is 0.891 bits per heavy atom. The molecule has 2 unspecified atom stereocenters. The van der Waals surface area contributed by atoms with Gasteiger partial charge in [0.2, 0.25) is 0 Å². The molecule has 7 rings (SSSR count). The molecule has 0 spiro atoms. The van der Waals surface area contributed by atoms with Gasteiger partial charge in [0.25, 0.3) is 0 Å². The van der Waals surface area contributed by atoms with Crippen LogP contribution in [0.3, 0.4) is 0 Å². The van der Waals surface area contributed by atoms with Crippen molar-refractivity contribution in [3.8, 4) is 17.3 Å². The number of rotatable bonds is 8. The van der Waals surface area contributed by atoms with Gasteiger partial charge in [-0.1, -0.05) is 18.2 Å². The molecule has 1 aliphatic carbocycles. The minimum atomic E-state index is 0.218. The Balaban J connectivity index is 1.22. The zero-order valence-corrected chi connectivity index (χ0v) is 28.5. The molecule has 2 atom stereocenters. The SMILES string of the molecule is CC1=CC(C)C(Nc2ccccc2N([CH]=[Pt])c2[c-]c(Oc3[c-]c4c(cc3)c3c(C)cccc3n4-c3ccccn3)ccc2)C(C)=C1. The van der Waals surface area contributed by atoms with E-state index in [9.17, 15) is 0 Å². The molecule has 2 aromatic heterocycles. The maximum absolute atomic E-state index is 6.45. The van der Waals surface area contributed by atoms with Crippen LogP contribution in [0, 0.1) is 25.0 Å². The third-order valence-electron chi connectivity index (χ3n) is 8.55. The predicted octanol–water partition coefficient (Wildman–Crippen LogP) is 9.65. The molecule has 232 valence electrons. The van der Waals surface area contributed by atoms with Crippen molar-refractivity contribution in [3.05, 3.63) is 138 Å². The van der Waals surface area contributed by atoms with E-state index >= 15 is 0 Å². The summed E-state index contributed by atoms with van der Waals surface area (Å²) in [7, 11) is 0. The van der Waals surface area contributed by atoms with Crippen molar-refractivity contribution in [1.82, 2.24) is 9.55 Å². The molecule has 5 nitrogen and oxygen atoms in total. The quantitative estimate of drug-likeness (QED) is 0.156. The summed E-state index contributed by atoms with van der Waals surface area (Å²) in [6.45, 7) is 8.78. The number of fused-ring (bicyclic) bond motifs is 3. The van der Waals surface area contributed by atoms with Crippen LogP contribution in [0.5, 0.6) is 11.5 Å². The van der Waals surface area contributed by atoms with Gasteiger partial charge in [-0.25, -0.2) is 0 Å². The molecule has 0 aliphatic heterocycles. The van der Waals surface area contributed by atoms with Crippen molar-refractivity contribution >= 4 is 43.4 Å². The van der Waals surface area contributed by atoms with Crippen LogP contribution in [0.15, 0.2) is 120 Å². The molecule has 1 N–H and O–H groups in total. The topological polar surface area (TPSA) is 42.3 Å². The first kappa shape index (κ1) is 30.0. The van der Waals surface area contributed by atoms with Crippen LogP contribution in [0.25, 0.3) is 27.6 Å². The predicted molar refractivity (Wildman–Crippen MR) is 186 cm³/mol. The third-order valence-corrected chi connectivity index (χ3v) is 9.13. The van der Waals surface area contributed by atoms with Gasteiger partial charge in [0.1, 0.15) is 0 Å². The van der Waals surface area contributed by atoms with E-state index in [1.54, 1.807) is 0 Å². The number of nitrogens with zero attached hydrogens (tertiary/aromatic N) is 3. The summed E-state index contributed by atoms with van der Waals surface area (Å²) in [5.41, 5.74) is 8.85.